The van der Waals surface area contributed by atoms with Crippen LogP contribution < -0.4 is 14.3 Å². The Labute approximate surface area is 229 Å². The van der Waals surface area contributed by atoms with Gasteiger partial charge < -0.3 is 5.32 Å². The summed E-state index contributed by atoms with van der Waals surface area (Å²) in [7, 11) is -8.32. The summed E-state index contributed by atoms with van der Waals surface area (Å²) in [5, 5.41) is 13.8. The first-order valence-electron chi connectivity index (χ1n) is 11.5. The normalized spacial score (nSPS) is 11.4. The van der Waals surface area contributed by atoms with Gasteiger partial charge in [-0.05, 0) is 66.7 Å². The molecule has 40 heavy (non-hydrogen) atoms. The summed E-state index contributed by atoms with van der Waals surface area (Å²) in [6, 6.07) is 21.9. The van der Waals surface area contributed by atoms with Crippen LogP contribution in [0.2, 0.25) is 0 Å². The maximum absolute atomic E-state index is 13.4. The van der Waals surface area contributed by atoms with Gasteiger partial charge in [-0.1, -0.05) is 24.3 Å². The Morgan fingerprint density at radius 1 is 0.800 bits per heavy atom. The number of nitrogens with zero attached hydrogens (tertiary/aromatic N) is 2. The zero-order valence-corrected chi connectivity index (χ0v) is 22.1. The van der Waals surface area contributed by atoms with Crippen LogP contribution in [0.1, 0.15) is 0 Å². The minimum Gasteiger partial charge on any atom is -0.325 e. The molecule has 0 fully saturated rings. The molecule has 0 aromatic heterocycles. The van der Waals surface area contributed by atoms with Gasteiger partial charge in [-0.25, -0.2) is 21.2 Å². The molecule has 0 saturated carbocycles. The van der Waals surface area contributed by atoms with Crippen LogP contribution >= 0.6 is 0 Å². The molecule has 0 atom stereocenters. The molecule has 0 bridgehead atoms. The van der Waals surface area contributed by atoms with E-state index in [9.17, 15) is 36.1 Å². The third-order valence-corrected chi connectivity index (χ3v) is 8.68. The molecule has 4 aromatic carbocycles. The van der Waals surface area contributed by atoms with E-state index in [1.54, 1.807) is 6.07 Å². The summed E-state index contributed by atoms with van der Waals surface area (Å²) >= 11 is 0. The fourth-order valence-electron chi connectivity index (χ4n) is 3.58. The van der Waals surface area contributed by atoms with E-state index in [4.69, 9.17) is 0 Å². The molecular weight excluding hydrogens is 563 g/mol. The highest BCUT2D eigenvalue weighted by Crippen LogP contribution is 2.27. The average Bonchev–Trinajstić information content (AvgIpc) is 2.93. The number of hydrogen-bond acceptors (Lipinski definition) is 7. The Morgan fingerprint density at radius 2 is 1.43 bits per heavy atom. The number of sulfonamides is 2. The molecule has 0 aliphatic heterocycles. The molecule has 0 aliphatic carbocycles. The van der Waals surface area contributed by atoms with E-state index in [2.05, 4.69) is 10.0 Å². The van der Waals surface area contributed by atoms with Crippen molar-refractivity contribution in [3.8, 4) is 0 Å². The lowest BCUT2D eigenvalue weighted by molar-refractivity contribution is -0.384. The lowest BCUT2D eigenvalue weighted by Crippen LogP contribution is -2.38. The number of anilines is 3. The Kier molecular flexibility index (Phi) is 8.11. The molecule has 0 unspecified atom stereocenters. The predicted octanol–water partition coefficient (Wildman–Crippen LogP) is 4.37. The second kappa shape index (κ2) is 11.5. The predicted molar refractivity (Wildman–Crippen MR) is 146 cm³/mol. The first kappa shape index (κ1) is 28.2. The smallest absolute Gasteiger partial charge is 0.271 e. The summed E-state index contributed by atoms with van der Waals surface area (Å²) < 4.78 is 68.2. The van der Waals surface area contributed by atoms with Crippen molar-refractivity contribution in [2.24, 2.45) is 0 Å². The number of rotatable bonds is 10. The molecule has 0 saturated heterocycles. The fourth-order valence-corrected chi connectivity index (χ4v) is 6.07. The molecule has 4 rings (SSSR count). The third-order valence-electron chi connectivity index (χ3n) is 5.49. The quantitative estimate of drug-likeness (QED) is 0.207. The summed E-state index contributed by atoms with van der Waals surface area (Å²) in [5.74, 6) is -1.31. The largest absolute Gasteiger partial charge is 0.325 e. The first-order chi connectivity index (χ1) is 19.0. The number of non-ortho nitro benzene ring substituents is 1. The van der Waals surface area contributed by atoms with Crippen molar-refractivity contribution in [1.82, 2.24) is 0 Å². The summed E-state index contributed by atoms with van der Waals surface area (Å²) in [4.78, 5) is 23.3. The number of halogens is 1. The monoisotopic (exact) mass is 584 g/mol. The standard InChI is InChI=1S/C26H21FN4O7S2/c27-19-9-11-21(12-10-19)29-39(35,36)24-15-13-20(14-16-24)28-26(32)18-30(22-5-4-6-23(17-22)31(33)34)40(37,38)25-7-2-1-3-8-25/h1-17,29H,18H2,(H,28,32). The lowest BCUT2D eigenvalue weighted by Gasteiger charge is -2.24. The van der Waals surface area contributed by atoms with E-state index in [-0.39, 0.29) is 32.5 Å². The van der Waals surface area contributed by atoms with Crippen LogP contribution in [-0.4, -0.2) is 34.2 Å². The Bertz CT molecular complexity index is 1750. The topological polar surface area (TPSA) is 156 Å². The van der Waals surface area contributed by atoms with Crippen molar-refractivity contribution in [1.29, 1.82) is 0 Å². The third kappa shape index (κ3) is 6.59. The average molecular weight is 585 g/mol. The maximum atomic E-state index is 13.4. The Hall–Kier alpha value is -4.82. The van der Waals surface area contributed by atoms with Crippen molar-refractivity contribution in [3.05, 3.63) is 119 Å². The molecule has 14 heteroatoms. The molecule has 206 valence electrons. The number of carbonyl (C=O) groups excluding carboxylic acids is 1. The molecule has 0 heterocycles. The van der Waals surface area contributed by atoms with E-state index in [1.165, 1.54) is 78.9 Å². The lowest BCUT2D eigenvalue weighted by atomic mass is 10.3. The number of amides is 1. The van der Waals surface area contributed by atoms with E-state index in [0.29, 0.717) is 0 Å². The molecule has 4 aromatic rings. The number of hydrogen-bond donors (Lipinski definition) is 2. The highest BCUT2D eigenvalue weighted by molar-refractivity contribution is 7.93. The van der Waals surface area contributed by atoms with Crippen molar-refractivity contribution >= 4 is 48.7 Å². The summed E-state index contributed by atoms with van der Waals surface area (Å²) in [6.45, 7) is -0.732. The second-order valence-corrected chi connectivity index (χ2v) is 11.8. The van der Waals surface area contributed by atoms with Crippen molar-refractivity contribution in [3.63, 3.8) is 0 Å². The van der Waals surface area contributed by atoms with Crippen molar-refractivity contribution < 1.29 is 30.9 Å². The number of carbonyl (C=O) groups is 1. The zero-order chi connectivity index (χ0) is 28.9. The van der Waals surface area contributed by atoms with Gasteiger partial charge in [-0.3, -0.25) is 23.9 Å². The van der Waals surface area contributed by atoms with Crippen LogP contribution in [0.15, 0.2) is 113 Å². The molecule has 0 aliphatic rings. The highest BCUT2D eigenvalue weighted by Gasteiger charge is 2.28. The highest BCUT2D eigenvalue weighted by atomic mass is 32.2. The van der Waals surface area contributed by atoms with Gasteiger partial charge >= 0.3 is 0 Å². The van der Waals surface area contributed by atoms with Crippen molar-refractivity contribution in [2.45, 2.75) is 9.79 Å². The van der Waals surface area contributed by atoms with Crippen LogP contribution in [0.3, 0.4) is 0 Å². The Balaban J connectivity index is 1.55. The van der Waals surface area contributed by atoms with Gasteiger partial charge in [0.1, 0.15) is 12.4 Å². The van der Waals surface area contributed by atoms with Gasteiger partial charge in [0.15, 0.2) is 0 Å². The van der Waals surface area contributed by atoms with Crippen LogP contribution in [0.4, 0.5) is 27.1 Å². The first-order valence-corrected chi connectivity index (χ1v) is 14.4. The number of nitro groups is 1. The number of benzene rings is 4. The molecule has 11 nitrogen and oxygen atoms in total. The SMILES string of the molecule is O=C(CN(c1cccc([N+](=O)[O-])c1)S(=O)(=O)c1ccccc1)Nc1ccc(S(=O)(=O)Nc2ccc(F)cc2)cc1. The minimum absolute atomic E-state index is 0.0958. The van der Waals surface area contributed by atoms with Crippen LogP contribution in [0.25, 0.3) is 0 Å². The van der Waals surface area contributed by atoms with Gasteiger partial charge in [0.2, 0.25) is 5.91 Å². The van der Waals surface area contributed by atoms with Crippen LogP contribution in [-0.2, 0) is 24.8 Å². The Morgan fingerprint density at radius 3 is 2.05 bits per heavy atom. The zero-order valence-electron chi connectivity index (χ0n) is 20.5. The molecule has 0 radical (unpaired) electrons. The van der Waals surface area contributed by atoms with E-state index in [0.717, 1.165) is 22.5 Å². The minimum atomic E-state index is -4.30. The molecular formula is C26H21FN4O7S2. The van der Waals surface area contributed by atoms with Gasteiger partial charge in [-0.2, -0.15) is 0 Å². The van der Waals surface area contributed by atoms with E-state index < -0.39 is 43.2 Å². The van der Waals surface area contributed by atoms with Crippen LogP contribution in [0, 0.1) is 15.9 Å². The van der Waals surface area contributed by atoms with Gasteiger partial charge in [-0.15, -0.1) is 0 Å². The van der Waals surface area contributed by atoms with Gasteiger partial charge in [0.25, 0.3) is 25.7 Å². The second-order valence-electron chi connectivity index (χ2n) is 8.29. The van der Waals surface area contributed by atoms with Gasteiger partial charge in [0.05, 0.1) is 20.4 Å². The van der Waals surface area contributed by atoms with E-state index in [1.807, 2.05) is 0 Å². The molecule has 0 spiro atoms. The number of nitro benzene ring substituents is 1. The maximum Gasteiger partial charge on any atom is 0.271 e. The molecule has 2 N–H and O–H groups in total. The number of nitrogens with one attached hydrogen (secondary N) is 2. The van der Waals surface area contributed by atoms with Crippen molar-refractivity contribution in [2.75, 3.05) is 20.9 Å². The van der Waals surface area contributed by atoms with E-state index >= 15 is 0 Å². The molecule has 1 amide bonds. The summed E-state index contributed by atoms with van der Waals surface area (Å²) in [5.41, 5.74) is -0.139. The fraction of sp³-hybridized carbons (Fsp3) is 0.0385. The van der Waals surface area contributed by atoms with Gasteiger partial charge in [0, 0.05) is 23.5 Å². The summed E-state index contributed by atoms with van der Waals surface area (Å²) in [6.07, 6.45) is 0. The van der Waals surface area contributed by atoms with Crippen LogP contribution in [0.5, 0.6) is 0 Å².